The van der Waals surface area contributed by atoms with Gasteiger partial charge in [0.2, 0.25) is 10.0 Å². The third-order valence-corrected chi connectivity index (χ3v) is 6.08. The zero-order valence-electron chi connectivity index (χ0n) is 12.5. The predicted octanol–water partition coefficient (Wildman–Crippen LogP) is 2.50. The SMILES string of the molecule is CCC(C)(C)N(C)S(=O)(=O)c1cccc(C(=O)O)c1C. The molecule has 112 valence electrons. The van der Waals surface area contributed by atoms with Gasteiger partial charge in [-0.25, -0.2) is 13.2 Å². The fourth-order valence-corrected chi connectivity index (χ4v) is 3.64. The molecule has 0 unspecified atom stereocenters. The van der Waals surface area contributed by atoms with Crippen molar-refractivity contribution < 1.29 is 18.3 Å². The Morgan fingerprint density at radius 2 is 1.90 bits per heavy atom. The van der Waals surface area contributed by atoms with E-state index in [0.717, 1.165) is 0 Å². The summed E-state index contributed by atoms with van der Waals surface area (Å²) >= 11 is 0. The minimum atomic E-state index is -3.73. The Kier molecular flexibility index (Phi) is 4.61. The van der Waals surface area contributed by atoms with Crippen LogP contribution in [0.25, 0.3) is 0 Å². The van der Waals surface area contributed by atoms with Gasteiger partial charge in [-0.2, -0.15) is 4.31 Å². The Morgan fingerprint density at radius 1 is 1.35 bits per heavy atom. The minimum Gasteiger partial charge on any atom is -0.478 e. The van der Waals surface area contributed by atoms with Crippen LogP contribution in [0.3, 0.4) is 0 Å². The van der Waals surface area contributed by atoms with Crippen LogP contribution >= 0.6 is 0 Å². The van der Waals surface area contributed by atoms with Gasteiger partial charge in [-0.05, 0) is 44.9 Å². The lowest BCUT2D eigenvalue weighted by Crippen LogP contribution is -2.44. The fourth-order valence-electron chi connectivity index (χ4n) is 1.82. The molecular weight excluding hydrogens is 278 g/mol. The summed E-state index contributed by atoms with van der Waals surface area (Å²) in [5, 5.41) is 9.09. The van der Waals surface area contributed by atoms with Crippen molar-refractivity contribution in [2.24, 2.45) is 0 Å². The molecule has 6 heteroatoms. The summed E-state index contributed by atoms with van der Waals surface area (Å²) in [5.74, 6) is -1.13. The largest absolute Gasteiger partial charge is 0.478 e. The molecule has 0 amide bonds. The predicted molar refractivity (Wildman–Crippen MR) is 77.5 cm³/mol. The van der Waals surface area contributed by atoms with Crippen LogP contribution in [0.1, 0.15) is 43.1 Å². The fraction of sp³-hybridized carbons (Fsp3) is 0.500. The lowest BCUT2D eigenvalue weighted by Gasteiger charge is -2.34. The van der Waals surface area contributed by atoms with Crippen LogP contribution < -0.4 is 0 Å². The highest BCUT2D eigenvalue weighted by Crippen LogP contribution is 2.28. The highest BCUT2D eigenvalue weighted by atomic mass is 32.2. The zero-order valence-corrected chi connectivity index (χ0v) is 13.3. The van der Waals surface area contributed by atoms with E-state index in [2.05, 4.69) is 0 Å². The van der Waals surface area contributed by atoms with Gasteiger partial charge in [0.1, 0.15) is 0 Å². The molecule has 0 aromatic heterocycles. The number of rotatable bonds is 5. The maximum Gasteiger partial charge on any atom is 0.335 e. The number of hydrogen-bond acceptors (Lipinski definition) is 3. The number of carboxylic acid groups (broad SMARTS) is 1. The average molecular weight is 299 g/mol. The normalized spacial score (nSPS) is 12.7. The summed E-state index contributed by atoms with van der Waals surface area (Å²) in [7, 11) is -2.21. The van der Waals surface area contributed by atoms with Crippen molar-refractivity contribution >= 4 is 16.0 Å². The van der Waals surface area contributed by atoms with E-state index in [1.165, 1.54) is 36.5 Å². The first-order valence-corrected chi connectivity index (χ1v) is 7.81. The van der Waals surface area contributed by atoms with Crippen LogP contribution in [0, 0.1) is 6.92 Å². The standard InChI is InChI=1S/C14H21NO4S/c1-6-14(3,4)15(5)20(18,19)12-9-7-8-11(10(12)2)13(16)17/h7-9H,6H2,1-5H3,(H,16,17). The van der Waals surface area contributed by atoms with Crippen molar-refractivity contribution in [2.45, 2.75) is 44.6 Å². The van der Waals surface area contributed by atoms with E-state index in [4.69, 9.17) is 5.11 Å². The number of aromatic carboxylic acids is 1. The van der Waals surface area contributed by atoms with Crippen LogP contribution in [0.15, 0.2) is 23.1 Å². The molecule has 1 aromatic rings. The van der Waals surface area contributed by atoms with Crippen molar-refractivity contribution in [1.29, 1.82) is 0 Å². The Bertz CT molecular complexity index is 620. The molecule has 0 heterocycles. The van der Waals surface area contributed by atoms with Crippen molar-refractivity contribution in [2.75, 3.05) is 7.05 Å². The molecule has 0 spiro atoms. The summed E-state index contributed by atoms with van der Waals surface area (Å²) in [4.78, 5) is 11.2. The monoisotopic (exact) mass is 299 g/mol. The number of nitrogens with zero attached hydrogens (tertiary/aromatic N) is 1. The number of carboxylic acids is 1. The third-order valence-electron chi connectivity index (χ3n) is 3.87. The summed E-state index contributed by atoms with van der Waals surface area (Å²) in [5.41, 5.74) is -0.266. The molecule has 0 fully saturated rings. The molecule has 0 bridgehead atoms. The van der Waals surface area contributed by atoms with Crippen molar-refractivity contribution in [1.82, 2.24) is 4.31 Å². The summed E-state index contributed by atoms with van der Waals surface area (Å²) in [6.45, 7) is 7.09. The molecule has 0 saturated heterocycles. The van der Waals surface area contributed by atoms with E-state index in [1.54, 1.807) is 0 Å². The lowest BCUT2D eigenvalue weighted by atomic mass is 10.0. The second-order valence-electron chi connectivity index (χ2n) is 5.37. The van der Waals surface area contributed by atoms with E-state index in [1.807, 2.05) is 20.8 Å². The molecule has 0 saturated carbocycles. The molecule has 0 aliphatic rings. The summed E-state index contributed by atoms with van der Waals surface area (Å²) in [6.07, 6.45) is 0.653. The molecule has 0 radical (unpaired) electrons. The molecule has 5 nitrogen and oxygen atoms in total. The van der Waals surface area contributed by atoms with Gasteiger partial charge < -0.3 is 5.11 Å². The second kappa shape index (κ2) is 5.54. The van der Waals surface area contributed by atoms with E-state index in [9.17, 15) is 13.2 Å². The lowest BCUT2D eigenvalue weighted by molar-refractivity contribution is 0.0696. The maximum absolute atomic E-state index is 12.7. The smallest absolute Gasteiger partial charge is 0.335 e. The molecule has 1 N–H and O–H groups in total. The van der Waals surface area contributed by atoms with Gasteiger partial charge in [0.05, 0.1) is 10.5 Å². The molecule has 1 aromatic carbocycles. The van der Waals surface area contributed by atoms with Crippen molar-refractivity contribution in [3.05, 3.63) is 29.3 Å². The van der Waals surface area contributed by atoms with Gasteiger partial charge >= 0.3 is 5.97 Å². The first-order chi connectivity index (χ1) is 9.05. The van der Waals surface area contributed by atoms with Crippen LogP contribution in [0.4, 0.5) is 0 Å². The molecule has 20 heavy (non-hydrogen) atoms. The molecule has 0 aliphatic heterocycles. The van der Waals surface area contributed by atoms with Crippen molar-refractivity contribution in [3.63, 3.8) is 0 Å². The second-order valence-corrected chi connectivity index (χ2v) is 7.31. The highest BCUT2D eigenvalue weighted by Gasteiger charge is 2.34. The van der Waals surface area contributed by atoms with E-state index in [0.29, 0.717) is 6.42 Å². The molecule has 0 aliphatic carbocycles. The highest BCUT2D eigenvalue weighted by molar-refractivity contribution is 7.89. The van der Waals surface area contributed by atoms with Gasteiger partial charge in [-0.15, -0.1) is 0 Å². The minimum absolute atomic E-state index is 0.00813. The molecule has 0 atom stereocenters. The van der Waals surface area contributed by atoms with E-state index < -0.39 is 21.5 Å². The number of carbonyl (C=O) groups is 1. The van der Waals surface area contributed by atoms with Gasteiger partial charge in [-0.3, -0.25) is 0 Å². The van der Waals surface area contributed by atoms with E-state index >= 15 is 0 Å². The number of hydrogen-bond donors (Lipinski definition) is 1. The third kappa shape index (κ3) is 2.86. The first-order valence-electron chi connectivity index (χ1n) is 6.37. The average Bonchev–Trinajstić information content (AvgIpc) is 2.37. The van der Waals surface area contributed by atoms with Gasteiger partial charge in [0.25, 0.3) is 0 Å². The Hall–Kier alpha value is -1.40. The summed E-state index contributed by atoms with van der Waals surface area (Å²) < 4.78 is 26.6. The molecule has 1 rings (SSSR count). The Labute approximate surface area is 120 Å². The van der Waals surface area contributed by atoms with Crippen LogP contribution in [0.2, 0.25) is 0 Å². The maximum atomic E-state index is 12.7. The quantitative estimate of drug-likeness (QED) is 0.906. The number of benzene rings is 1. The topological polar surface area (TPSA) is 74.7 Å². The Balaban J connectivity index is 3.45. The zero-order chi connectivity index (χ0) is 15.7. The van der Waals surface area contributed by atoms with Crippen molar-refractivity contribution in [3.8, 4) is 0 Å². The van der Waals surface area contributed by atoms with Gasteiger partial charge in [0.15, 0.2) is 0 Å². The van der Waals surface area contributed by atoms with Crippen LogP contribution in [-0.4, -0.2) is 36.4 Å². The van der Waals surface area contributed by atoms with Gasteiger partial charge in [0, 0.05) is 12.6 Å². The molecular formula is C14H21NO4S. The van der Waals surface area contributed by atoms with Gasteiger partial charge in [-0.1, -0.05) is 13.0 Å². The number of sulfonamides is 1. The van der Waals surface area contributed by atoms with Crippen LogP contribution in [-0.2, 0) is 10.0 Å². The van der Waals surface area contributed by atoms with Crippen LogP contribution in [0.5, 0.6) is 0 Å². The summed E-state index contributed by atoms with van der Waals surface area (Å²) in [6, 6.07) is 4.30. The van der Waals surface area contributed by atoms with E-state index in [-0.39, 0.29) is 16.0 Å². The Morgan fingerprint density at radius 3 is 2.35 bits per heavy atom. The first kappa shape index (κ1) is 16.7.